The van der Waals surface area contributed by atoms with Gasteiger partial charge in [-0.3, -0.25) is 19.1 Å². The van der Waals surface area contributed by atoms with E-state index in [4.69, 9.17) is 0 Å². The van der Waals surface area contributed by atoms with Crippen molar-refractivity contribution in [3.63, 3.8) is 0 Å². The lowest BCUT2D eigenvalue weighted by Gasteiger charge is -2.29. The average Bonchev–Trinajstić information content (AvgIpc) is 4.17. The Morgan fingerprint density at radius 3 is 1.57 bits per heavy atom. The Bertz CT molecular complexity index is 2730. The molecule has 6 aromatic rings. The fourth-order valence-electron chi connectivity index (χ4n) is 7.99. The number of hydrogen-bond acceptors (Lipinski definition) is 6. The highest BCUT2D eigenvalue weighted by atomic mass is 35.5. The number of nitrogens with one attached hydrogen (secondary N) is 2. The van der Waals surface area contributed by atoms with E-state index in [2.05, 4.69) is 20.4 Å². The highest BCUT2D eigenvalue weighted by Gasteiger charge is 2.34. The van der Waals surface area contributed by atoms with Crippen molar-refractivity contribution in [1.82, 2.24) is 9.80 Å². The Balaban J connectivity index is 0.000000159. The molecular weight excluding hydrogens is 788 g/mol. The maximum absolute atomic E-state index is 12.9. The molecule has 10 rings (SSSR count). The maximum atomic E-state index is 12.9. The maximum Gasteiger partial charge on any atom is 0.261 e. The van der Waals surface area contributed by atoms with Crippen LogP contribution in [0.5, 0.6) is 0 Å². The molecule has 12 heteroatoms. The number of fused-ring (bicyclic) bond motifs is 4. The molecule has 0 aromatic heterocycles. The molecule has 0 saturated heterocycles. The molecule has 1 amide bonds. The lowest BCUT2D eigenvalue weighted by Crippen LogP contribution is -2.36. The van der Waals surface area contributed by atoms with Crippen LogP contribution in [-0.4, -0.2) is 52.2 Å². The first kappa shape index (κ1) is 39.9. The molecule has 2 aliphatic carbocycles. The van der Waals surface area contributed by atoms with Gasteiger partial charge in [0.1, 0.15) is 0 Å². The fourth-order valence-corrected chi connectivity index (χ4v) is 10.2. The lowest BCUT2D eigenvalue weighted by atomic mass is 9.99. The van der Waals surface area contributed by atoms with Gasteiger partial charge in [0.25, 0.3) is 20.0 Å². The first-order valence-electron chi connectivity index (χ1n) is 19.8. The Labute approximate surface area is 347 Å². The van der Waals surface area contributed by atoms with Crippen LogP contribution in [0, 0.1) is 11.8 Å². The van der Waals surface area contributed by atoms with Gasteiger partial charge in [-0.15, -0.1) is 12.4 Å². The van der Waals surface area contributed by atoms with Crippen molar-refractivity contribution >= 4 is 71.3 Å². The molecule has 2 saturated carbocycles. The summed E-state index contributed by atoms with van der Waals surface area (Å²) in [5.74, 6) is 1.39. The van der Waals surface area contributed by atoms with Crippen molar-refractivity contribution in [2.45, 2.75) is 61.4 Å². The van der Waals surface area contributed by atoms with Crippen molar-refractivity contribution < 1.29 is 21.6 Å². The van der Waals surface area contributed by atoms with Crippen molar-refractivity contribution in [2.24, 2.45) is 11.8 Å². The lowest BCUT2D eigenvalue weighted by molar-refractivity contribution is -0.133. The van der Waals surface area contributed by atoms with Crippen LogP contribution in [0.15, 0.2) is 131 Å². The van der Waals surface area contributed by atoms with Gasteiger partial charge in [0.15, 0.2) is 0 Å². The molecule has 0 unspecified atom stereocenters. The number of amides is 1. The number of anilines is 2. The molecule has 2 fully saturated rings. The highest BCUT2D eigenvalue weighted by molar-refractivity contribution is 7.93. The Kier molecular flexibility index (Phi) is 11.3. The minimum atomic E-state index is -3.67. The van der Waals surface area contributed by atoms with Crippen LogP contribution in [0.4, 0.5) is 11.4 Å². The second kappa shape index (κ2) is 16.4. The summed E-state index contributed by atoms with van der Waals surface area (Å²) in [6.07, 6.45) is 6.50. The van der Waals surface area contributed by atoms with Crippen LogP contribution >= 0.6 is 12.4 Å². The van der Waals surface area contributed by atoms with E-state index < -0.39 is 20.0 Å². The topological polar surface area (TPSA) is 116 Å². The van der Waals surface area contributed by atoms with E-state index in [1.807, 2.05) is 89.8 Å². The minimum Gasteiger partial charge on any atom is -0.338 e. The predicted octanol–water partition coefficient (Wildman–Crippen LogP) is 8.77. The van der Waals surface area contributed by atoms with Gasteiger partial charge in [0.05, 0.1) is 9.79 Å². The molecule has 0 radical (unpaired) electrons. The third kappa shape index (κ3) is 9.03. The average molecular weight is 835 g/mol. The largest absolute Gasteiger partial charge is 0.338 e. The Hall–Kier alpha value is -4.94. The highest BCUT2D eigenvalue weighted by Crippen LogP contribution is 2.34. The molecular formula is C46H47ClN4O5S2. The fraction of sp³-hybridized carbons (Fsp3) is 0.283. The van der Waals surface area contributed by atoms with Crippen LogP contribution in [0.1, 0.15) is 47.9 Å². The quantitative estimate of drug-likeness (QED) is 0.151. The van der Waals surface area contributed by atoms with Gasteiger partial charge in [0.2, 0.25) is 5.91 Å². The first-order valence-corrected chi connectivity index (χ1v) is 22.8. The van der Waals surface area contributed by atoms with E-state index >= 15 is 0 Å². The van der Waals surface area contributed by atoms with Crippen LogP contribution in [0.25, 0.3) is 21.5 Å². The van der Waals surface area contributed by atoms with E-state index in [-0.39, 0.29) is 29.1 Å². The number of sulfonamides is 2. The summed E-state index contributed by atoms with van der Waals surface area (Å²) in [5, 5.41) is 3.85. The van der Waals surface area contributed by atoms with Gasteiger partial charge in [-0.25, -0.2) is 16.8 Å². The summed E-state index contributed by atoms with van der Waals surface area (Å²) in [6.45, 7) is 4.55. The zero-order valence-corrected chi connectivity index (χ0v) is 34.6. The van der Waals surface area contributed by atoms with E-state index in [0.717, 1.165) is 77.4 Å². The number of rotatable bonds is 9. The Morgan fingerprint density at radius 1 is 0.552 bits per heavy atom. The third-order valence-corrected chi connectivity index (χ3v) is 14.3. The molecule has 0 spiro atoms. The number of benzene rings is 6. The number of hydrogen-bond donors (Lipinski definition) is 2. The Morgan fingerprint density at radius 2 is 1.05 bits per heavy atom. The molecule has 58 heavy (non-hydrogen) atoms. The van der Waals surface area contributed by atoms with Gasteiger partial charge in [-0.2, -0.15) is 0 Å². The molecule has 6 aromatic carbocycles. The van der Waals surface area contributed by atoms with E-state index in [9.17, 15) is 21.6 Å². The summed E-state index contributed by atoms with van der Waals surface area (Å²) in [6, 6.07) is 37.4. The standard InChI is InChI=1S/C23H22N2O3S.C23H24N2O2S.ClH/c26-23(17-5-6-17)25-12-11-19-13-21(9-7-20(19)15-25)24-29(27,28)22-10-8-16-3-1-2-4-18(16)14-22;26-28(27,23-10-8-18-3-1-2-4-19(18)14-23)24-22-9-7-21-16-25(15-17-5-6-17)12-11-20(21)13-22;/h1-4,7-10,13-14,17,24H,5-6,11-12,15H2;1-4,7-10,13-14,17,24H,5-6,11-12,15-16H2;1H. The number of carbonyl (C=O) groups excluding carboxylic acids is 1. The predicted molar refractivity (Wildman–Crippen MR) is 233 cm³/mol. The number of carbonyl (C=O) groups is 1. The number of halogens is 1. The molecule has 300 valence electrons. The van der Waals surface area contributed by atoms with Crippen molar-refractivity contribution in [3.8, 4) is 0 Å². The smallest absolute Gasteiger partial charge is 0.261 e. The summed E-state index contributed by atoms with van der Waals surface area (Å²) in [5.41, 5.74) is 5.97. The van der Waals surface area contributed by atoms with Crippen molar-refractivity contribution in [3.05, 3.63) is 144 Å². The van der Waals surface area contributed by atoms with Crippen molar-refractivity contribution in [2.75, 3.05) is 29.1 Å². The normalized spacial score (nSPS) is 16.7. The van der Waals surface area contributed by atoms with Gasteiger partial charge >= 0.3 is 0 Å². The zero-order chi connectivity index (χ0) is 39.1. The molecule has 4 aliphatic rings. The molecule has 9 nitrogen and oxygen atoms in total. The summed E-state index contributed by atoms with van der Waals surface area (Å²) >= 11 is 0. The second-order valence-electron chi connectivity index (χ2n) is 15.9. The van der Waals surface area contributed by atoms with Gasteiger partial charge in [-0.1, -0.05) is 72.8 Å². The molecule has 2 aliphatic heterocycles. The molecule has 0 atom stereocenters. The first-order chi connectivity index (χ1) is 27.6. The molecule has 0 bridgehead atoms. The van der Waals surface area contributed by atoms with Gasteiger partial charge < -0.3 is 4.90 Å². The monoisotopic (exact) mass is 834 g/mol. The van der Waals surface area contributed by atoms with Crippen LogP contribution in [0.2, 0.25) is 0 Å². The zero-order valence-electron chi connectivity index (χ0n) is 32.1. The minimum absolute atomic E-state index is 0. The van der Waals surface area contributed by atoms with Crippen LogP contribution in [0.3, 0.4) is 0 Å². The SMILES string of the molecule is Cl.O=C(C1CC1)N1CCc2cc(NS(=O)(=O)c3ccc4ccccc4c3)ccc2C1.O=S(=O)(Nc1ccc2c(c1)CCN(CC1CC1)C2)c1ccc2ccccc2c1. The third-order valence-electron chi connectivity index (χ3n) is 11.5. The number of nitrogens with zero attached hydrogens (tertiary/aromatic N) is 2. The van der Waals surface area contributed by atoms with E-state index in [1.54, 1.807) is 30.3 Å². The molecule has 2 heterocycles. The van der Waals surface area contributed by atoms with Crippen LogP contribution < -0.4 is 9.44 Å². The second-order valence-corrected chi connectivity index (χ2v) is 19.3. The van der Waals surface area contributed by atoms with Gasteiger partial charge in [0, 0.05) is 50.0 Å². The van der Waals surface area contributed by atoms with Crippen molar-refractivity contribution in [1.29, 1.82) is 0 Å². The van der Waals surface area contributed by atoms with Crippen LogP contribution in [-0.2, 0) is 50.8 Å². The summed E-state index contributed by atoms with van der Waals surface area (Å²) in [7, 11) is -7.28. The molecule has 2 N–H and O–H groups in total. The summed E-state index contributed by atoms with van der Waals surface area (Å²) < 4.78 is 57.0. The van der Waals surface area contributed by atoms with E-state index in [0.29, 0.717) is 29.4 Å². The van der Waals surface area contributed by atoms with E-state index in [1.165, 1.54) is 30.5 Å². The summed E-state index contributed by atoms with van der Waals surface area (Å²) in [4.78, 5) is 17.3. The van der Waals surface area contributed by atoms with Gasteiger partial charge in [-0.05, 0) is 137 Å².